The fourth-order valence-corrected chi connectivity index (χ4v) is 3.87. The summed E-state index contributed by atoms with van der Waals surface area (Å²) < 4.78 is 29.8. The first-order chi connectivity index (χ1) is 12.3. The van der Waals surface area contributed by atoms with Crippen LogP contribution in [0.1, 0.15) is 46.4 Å². The Morgan fingerprint density at radius 1 is 1.35 bits per heavy atom. The number of piperidine rings is 1. The molecule has 26 heavy (non-hydrogen) atoms. The molecule has 2 heterocycles. The van der Waals surface area contributed by atoms with Gasteiger partial charge >= 0.3 is 0 Å². The molecule has 1 saturated heterocycles. The fourth-order valence-electron chi connectivity index (χ4n) is 3.00. The van der Waals surface area contributed by atoms with Crippen LogP contribution < -0.4 is 5.32 Å². The minimum absolute atomic E-state index is 0.0676. The number of hydrogen-bond acceptors (Lipinski definition) is 6. The summed E-state index contributed by atoms with van der Waals surface area (Å²) in [5.74, 6) is 0.775. The van der Waals surface area contributed by atoms with Gasteiger partial charge in [0.25, 0.3) is 5.91 Å². The van der Waals surface area contributed by atoms with Gasteiger partial charge in [-0.1, -0.05) is 22.9 Å². The van der Waals surface area contributed by atoms with E-state index in [1.807, 2.05) is 25.1 Å². The van der Waals surface area contributed by atoms with Crippen LogP contribution in [0.4, 0.5) is 0 Å². The van der Waals surface area contributed by atoms with E-state index in [1.165, 1.54) is 10.6 Å². The molecule has 0 radical (unpaired) electrons. The maximum atomic E-state index is 12.1. The van der Waals surface area contributed by atoms with Gasteiger partial charge in [0.05, 0.1) is 12.8 Å². The minimum Gasteiger partial charge on any atom is -0.343 e. The van der Waals surface area contributed by atoms with Crippen molar-refractivity contribution in [2.24, 2.45) is 0 Å². The summed E-state index contributed by atoms with van der Waals surface area (Å²) in [7, 11) is -3.15. The monoisotopic (exact) mass is 378 g/mol. The van der Waals surface area contributed by atoms with Gasteiger partial charge < -0.3 is 9.84 Å². The Kier molecular flexibility index (Phi) is 5.38. The zero-order chi connectivity index (χ0) is 18.7. The standard InChI is InChI=1S/C17H22N4O4S/c1-12-4-3-5-14(10-12)17(22)18-11-15-19-16(20-25-15)13-6-8-21(9-7-13)26(2,23)24/h3-5,10,13H,6-9,11H2,1-2H3,(H,18,22). The quantitative estimate of drug-likeness (QED) is 0.844. The molecule has 0 unspecified atom stereocenters. The Balaban J connectivity index is 1.55. The predicted octanol–water partition coefficient (Wildman–Crippen LogP) is 1.45. The molecule has 0 spiro atoms. The smallest absolute Gasteiger partial charge is 0.251 e. The molecular weight excluding hydrogens is 356 g/mol. The van der Waals surface area contributed by atoms with Crippen LogP contribution in [0.15, 0.2) is 28.8 Å². The van der Waals surface area contributed by atoms with E-state index in [0.717, 1.165) is 5.56 Å². The van der Waals surface area contributed by atoms with Gasteiger partial charge in [-0.05, 0) is 31.9 Å². The molecule has 1 aliphatic rings. The predicted molar refractivity (Wildman–Crippen MR) is 95.0 cm³/mol. The molecular formula is C17H22N4O4S. The number of nitrogens with one attached hydrogen (secondary N) is 1. The van der Waals surface area contributed by atoms with Crippen LogP contribution in [0, 0.1) is 6.92 Å². The van der Waals surface area contributed by atoms with Crippen molar-refractivity contribution in [1.82, 2.24) is 19.8 Å². The summed E-state index contributed by atoms with van der Waals surface area (Å²) >= 11 is 0. The number of amides is 1. The van der Waals surface area contributed by atoms with Crippen molar-refractivity contribution in [2.75, 3.05) is 19.3 Å². The van der Waals surface area contributed by atoms with E-state index < -0.39 is 10.0 Å². The van der Waals surface area contributed by atoms with Crippen molar-refractivity contribution < 1.29 is 17.7 Å². The van der Waals surface area contributed by atoms with E-state index in [4.69, 9.17) is 4.52 Å². The molecule has 2 aromatic rings. The van der Waals surface area contributed by atoms with E-state index in [9.17, 15) is 13.2 Å². The molecule has 0 atom stereocenters. The molecule has 1 aliphatic heterocycles. The highest BCUT2D eigenvalue weighted by Crippen LogP contribution is 2.26. The Bertz CT molecular complexity index is 886. The van der Waals surface area contributed by atoms with Crippen LogP contribution in [-0.4, -0.2) is 48.1 Å². The van der Waals surface area contributed by atoms with Crippen molar-refractivity contribution in [3.63, 3.8) is 0 Å². The second kappa shape index (κ2) is 7.55. The summed E-state index contributed by atoms with van der Waals surface area (Å²) in [6.45, 7) is 2.99. The van der Waals surface area contributed by atoms with Crippen LogP contribution in [-0.2, 0) is 16.6 Å². The number of hydrogen-bond donors (Lipinski definition) is 1. The first-order valence-electron chi connectivity index (χ1n) is 8.45. The lowest BCUT2D eigenvalue weighted by atomic mass is 9.98. The number of nitrogens with zero attached hydrogens (tertiary/aromatic N) is 3. The van der Waals surface area contributed by atoms with E-state index >= 15 is 0 Å². The average molecular weight is 378 g/mol. The average Bonchev–Trinajstić information content (AvgIpc) is 3.08. The lowest BCUT2D eigenvalue weighted by Gasteiger charge is -2.28. The Morgan fingerprint density at radius 3 is 2.73 bits per heavy atom. The van der Waals surface area contributed by atoms with Crippen LogP contribution >= 0.6 is 0 Å². The van der Waals surface area contributed by atoms with Crippen molar-refractivity contribution >= 4 is 15.9 Å². The molecule has 1 fully saturated rings. The maximum absolute atomic E-state index is 12.1. The number of carbonyl (C=O) groups is 1. The third-order valence-corrected chi connectivity index (χ3v) is 5.76. The molecule has 140 valence electrons. The fraction of sp³-hybridized carbons (Fsp3) is 0.471. The molecule has 1 N–H and O–H groups in total. The molecule has 0 aliphatic carbocycles. The molecule has 1 aromatic carbocycles. The highest BCUT2D eigenvalue weighted by molar-refractivity contribution is 7.88. The van der Waals surface area contributed by atoms with E-state index in [0.29, 0.717) is 43.2 Å². The molecule has 0 bridgehead atoms. The molecule has 9 heteroatoms. The normalized spacial score (nSPS) is 16.5. The van der Waals surface area contributed by atoms with Gasteiger partial charge in [0, 0.05) is 24.6 Å². The summed E-state index contributed by atoms with van der Waals surface area (Å²) in [6.07, 6.45) is 2.53. The number of benzene rings is 1. The number of aryl methyl sites for hydroxylation is 1. The minimum atomic E-state index is -3.15. The van der Waals surface area contributed by atoms with Gasteiger partial charge in [-0.15, -0.1) is 0 Å². The Hall–Kier alpha value is -2.26. The van der Waals surface area contributed by atoms with Gasteiger partial charge in [-0.25, -0.2) is 12.7 Å². The first-order valence-corrected chi connectivity index (χ1v) is 10.3. The summed E-state index contributed by atoms with van der Waals surface area (Å²) in [4.78, 5) is 16.5. The highest BCUT2D eigenvalue weighted by Gasteiger charge is 2.28. The molecule has 0 saturated carbocycles. The van der Waals surface area contributed by atoms with Gasteiger partial charge in [0.2, 0.25) is 15.9 Å². The maximum Gasteiger partial charge on any atom is 0.251 e. The summed E-state index contributed by atoms with van der Waals surface area (Å²) in [6, 6.07) is 7.31. The topological polar surface area (TPSA) is 105 Å². The van der Waals surface area contributed by atoms with Crippen LogP contribution in [0.5, 0.6) is 0 Å². The van der Waals surface area contributed by atoms with E-state index in [2.05, 4.69) is 15.5 Å². The van der Waals surface area contributed by atoms with Crippen LogP contribution in [0.25, 0.3) is 0 Å². The van der Waals surface area contributed by atoms with Gasteiger partial charge in [-0.3, -0.25) is 4.79 Å². The highest BCUT2D eigenvalue weighted by atomic mass is 32.2. The number of rotatable bonds is 5. The van der Waals surface area contributed by atoms with Gasteiger partial charge in [0.15, 0.2) is 5.82 Å². The number of aromatic nitrogens is 2. The van der Waals surface area contributed by atoms with Crippen LogP contribution in [0.2, 0.25) is 0 Å². The SMILES string of the molecule is Cc1cccc(C(=O)NCc2nc(C3CCN(S(C)(=O)=O)CC3)no2)c1. The first kappa shape index (κ1) is 18.5. The van der Waals surface area contributed by atoms with Gasteiger partial charge in [-0.2, -0.15) is 4.98 Å². The Morgan fingerprint density at radius 2 is 2.08 bits per heavy atom. The van der Waals surface area contributed by atoms with Crippen molar-refractivity contribution in [1.29, 1.82) is 0 Å². The van der Waals surface area contributed by atoms with Gasteiger partial charge in [0.1, 0.15) is 0 Å². The number of carbonyl (C=O) groups excluding carboxylic acids is 1. The number of sulfonamides is 1. The third-order valence-electron chi connectivity index (χ3n) is 4.45. The summed E-state index contributed by atoms with van der Waals surface area (Å²) in [5.41, 5.74) is 1.59. The zero-order valence-corrected chi connectivity index (χ0v) is 15.6. The molecule has 1 aromatic heterocycles. The van der Waals surface area contributed by atoms with E-state index in [-0.39, 0.29) is 18.4 Å². The molecule has 3 rings (SSSR count). The molecule has 8 nitrogen and oxygen atoms in total. The second-order valence-electron chi connectivity index (χ2n) is 6.53. The Labute approximate surface area is 152 Å². The lowest BCUT2D eigenvalue weighted by Crippen LogP contribution is -2.37. The van der Waals surface area contributed by atoms with Crippen molar-refractivity contribution in [2.45, 2.75) is 32.2 Å². The lowest BCUT2D eigenvalue weighted by molar-refractivity contribution is 0.0946. The largest absolute Gasteiger partial charge is 0.343 e. The van der Waals surface area contributed by atoms with Crippen LogP contribution in [0.3, 0.4) is 0 Å². The summed E-state index contributed by atoms with van der Waals surface area (Å²) in [5, 5.41) is 6.75. The molecule has 1 amide bonds. The van der Waals surface area contributed by atoms with Crippen molar-refractivity contribution in [3.8, 4) is 0 Å². The second-order valence-corrected chi connectivity index (χ2v) is 8.52. The van der Waals surface area contributed by atoms with E-state index in [1.54, 1.807) is 6.07 Å². The van der Waals surface area contributed by atoms with Crippen molar-refractivity contribution in [3.05, 3.63) is 47.1 Å². The zero-order valence-electron chi connectivity index (χ0n) is 14.8. The third kappa shape index (κ3) is 4.47.